The van der Waals surface area contributed by atoms with Crippen molar-refractivity contribution in [2.24, 2.45) is 0 Å². The van der Waals surface area contributed by atoms with Gasteiger partial charge in [0.15, 0.2) is 0 Å². The van der Waals surface area contributed by atoms with E-state index in [9.17, 15) is 0 Å². The van der Waals surface area contributed by atoms with Gasteiger partial charge < -0.3 is 10.2 Å². The summed E-state index contributed by atoms with van der Waals surface area (Å²) in [7, 11) is 4.05. The molecule has 2 aromatic rings. The van der Waals surface area contributed by atoms with Crippen LogP contribution in [-0.4, -0.2) is 19.1 Å². The molecule has 112 valence electrons. The lowest BCUT2D eigenvalue weighted by molar-refractivity contribution is 0.811. The SMILES string of the molecule is CCc1cc(CNC)cc(N(C)c2cc(C)cc(C)c2)n1. The lowest BCUT2D eigenvalue weighted by atomic mass is 10.1. The summed E-state index contributed by atoms with van der Waals surface area (Å²) < 4.78 is 0. The lowest BCUT2D eigenvalue weighted by Gasteiger charge is -2.21. The number of nitrogens with one attached hydrogen (secondary N) is 1. The molecule has 0 unspecified atom stereocenters. The number of aryl methyl sites for hydroxylation is 3. The van der Waals surface area contributed by atoms with Crippen LogP contribution in [0.25, 0.3) is 0 Å². The largest absolute Gasteiger partial charge is 0.329 e. The molecule has 0 bridgehead atoms. The molecule has 1 heterocycles. The first kappa shape index (κ1) is 15.5. The van der Waals surface area contributed by atoms with Crippen LogP contribution in [0.2, 0.25) is 0 Å². The average molecular weight is 283 g/mol. The predicted molar refractivity (Wildman–Crippen MR) is 90.4 cm³/mol. The molecule has 0 aliphatic heterocycles. The van der Waals surface area contributed by atoms with Crippen LogP contribution in [0.5, 0.6) is 0 Å². The predicted octanol–water partition coefficient (Wildman–Crippen LogP) is 3.75. The van der Waals surface area contributed by atoms with Crippen LogP contribution >= 0.6 is 0 Å². The van der Waals surface area contributed by atoms with Gasteiger partial charge in [-0.25, -0.2) is 4.98 Å². The van der Waals surface area contributed by atoms with Gasteiger partial charge in [0.1, 0.15) is 5.82 Å². The molecule has 0 spiro atoms. The Kier molecular flexibility index (Phi) is 4.97. The first-order valence-electron chi connectivity index (χ1n) is 7.50. The summed E-state index contributed by atoms with van der Waals surface area (Å²) in [6.07, 6.45) is 0.950. The van der Waals surface area contributed by atoms with Crippen molar-refractivity contribution in [2.45, 2.75) is 33.7 Å². The number of hydrogen-bond donors (Lipinski definition) is 1. The second kappa shape index (κ2) is 6.72. The number of hydrogen-bond acceptors (Lipinski definition) is 3. The van der Waals surface area contributed by atoms with Crippen molar-refractivity contribution < 1.29 is 0 Å². The van der Waals surface area contributed by atoms with Crippen LogP contribution in [0, 0.1) is 13.8 Å². The van der Waals surface area contributed by atoms with Crippen LogP contribution in [0.15, 0.2) is 30.3 Å². The second-order valence-corrected chi connectivity index (χ2v) is 5.61. The summed E-state index contributed by atoms with van der Waals surface area (Å²) in [4.78, 5) is 6.93. The fraction of sp³-hybridized carbons (Fsp3) is 0.389. The molecule has 0 saturated carbocycles. The van der Waals surface area contributed by atoms with Gasteiger partial charge in [-0.15, -0.1) is 0 Å². The van der Waals surface area contributed by atoms with Gasteiger partial charge in [-0.05, 0) is 68.3 Å². The average Bonchev–Trinajstić information content (AvgIpc) is 2.45. The number of benzene rings is 1. The smallest absolute Gasteiger partial charge is 0.133 e. The zero-order chi connectivity index (χ0) is 15.4. The van der Waals surface area contributed by atoms with Gasteiger partial charge in [0.25, 0.3) is 0 Å². The zero-order valence-electron chi connectivity index (χ0n) is 13.7. The Balaban J connectivity index is 2.41. The molecule has 3 nitrogen and oxygen atoms in total. The molecular weight excluding hydrogens is 258 g/mol. The Morgan fingerprint density at radius 1 is 1.05 bits per heavy atom. The van der Waals surface area contributed by atoms with Crippen molar-refractivity contribution in [3.63, 3.8) is 0 Å². The van der Waals surface area contributed by atoms with E-state index >= 15 is 0 Å². The molecule has 0 saturated heterocycles. The van der Waals surface area contributed by atoms with E-state index in [1.54, 1.807) is 0 Å². The van der Waals surface area contributed by atoms with Gasteiger partial charge in [-0.3, -0.25) is 0 Å². The molecule has 2 rings (SSSR count). The van der Waals surface area contributed by atoms with E-state index in [2.05, 4.69) is 68.4 Å². The quantitative estimate of drug-likeness (QED) is 0.906. The number of pyridine rings is 1. The molecule has 0 atom stereocenters. The Bertz CT molecular complexity index is 600. The molecule has 0 radical (unpaired) electrons. The number of aromatic nitrogens is 1. The third kappa shape index (κ3) is 3.82. The minimum absolute atomic E-state index is 0.864. The Morgan fingerprint density at radius 3 is 2.29 bits per heavy atom. The first-order valence-corrected chi connectivity index (χ1v) is 7.50. The Labute approximate surface area is 128 Å². The maximum atomic E-state index is 4.77. The fourth-order valence-electron chi connectivity index (χ4n) is 2.57. The summed E-state index contributed by atoms with van der Waals surface area (Å²) in [6.45, 7) is 7.27. The van der Waals surface area contributed by atoms with Crippen LogP contribution < -0.4 is 10.2 Å². The molecule has 21 heavy (non-hydrogen) atoms. The zero-order valence-corrected chi connectivity index (χ0v) is 13.7. The molecule has 0 aliphatic carbocycles. The van der Waals surface area contributed by atoms with Crippen LogP contribution in [0.1, 0.15) is 29.3 Å². The molecule has 1 aromatic carbocycles. The minimum atomic E-state index is 0.864. The van der Waals surface area contributed by atoms with E-state index in [1.165, 1.54) is 22.4 Å². The van der Waals surface area contributed by atoms with Gasteiger partial charge in [0.05, 0.1) is 0 Å². The van der Waals surface area contributed by atoms with Crippen molar-refractivity contribution in [1.82, 2.24) is 10.3 Å². The van der Waals surface area contributed by atoms with Gasteiger partial charge >= 0.3 is 0 Å². The van der Waals surface area contributed by atoms with E-state index in [0.29, 0.717) is 0 Å². The van der Waals surface area contributed by atoms with Crippen molar-refractivity contribution in [2.75, 3.05) is 19.0 Å². The monoisotopic (exact) mass is 283 g/mol. The van der Waals surface area contributed by atoms with E-state index in [1.807, 2.05) is 7.05 Å². The third-order valence-electron chi connectivity index (χ3n) is 3.61. The summed E-state index contributed by atoms with van der Waals surface area (Å²) in [5.41, 5.74) is 6.14. The highest BCUT2D eigenvalue weighted by molar-refractivity contribution is 5.61. The number of anilines is 2. The molecular formula is C18H25N3. The molecule has 0 fully saturated rings. The second-order valence-electron chi connectivity index (χ2n) is 5.61. The van der Waals surface area contributed by atoms with Gasteiger partial charge in [0, 0.05) is 25.0 Å². The molecule has 1 N–H and O–H groups in total. The van der Waals surface area contributed by atoms with E-state index in [-0.39, 0.29) is 0 Å². The maximum Gasteiger partial charge on any atom is 0.133 e. The molecule has 0 amide bonds. The van der Waals surface area contributed by atoms with Crippen molar-refractivity contribution in [3.8, 4) is 0 Å². The third-order valence-corrected chi connectivity index (χ3v) is 3.61. The number of rotatable bonds is 5. The van der Waals surface area contributed by atoms with Gasteiger partial charge in [-0.1, -0.05) is 13.0 Å². The van der Waals surface area contributed by atoms with E-state index in [0.717, 1.165) is 24.5 Å². The van der Waals surface area contributed by atoms with E-state index < -0.39 is 0 Å². The summed E-state index contributed by atoms with van der Waals surface area (Å²) in [6, 6.07) is 10.9. The lowest BCUT2D eigenvalue weighted by Crippen LogP contribution is -2.14. The van der Waals surface area contributed by atoms with E-state index in [4.69, 9.17) is 4.98 Å². The van der Waals surface area contributed by atoms with Gasteiger partial charge in [-0.2, -0.15) is 0 Å². The van der Waals surface area contributed by atoms with Gasteiger partial charge in [0.2, 0.25) is 0 Å². The topological polar surface area (TPSA) is 28.2 Å². The summed E-state index contributed by atoms with van der Waals surface area (Å²) in [5, 5.41) is 3.21. The summed E-state index contributed by atoms with van der Waals surface area (Å²) >= 11 is 0. The standard InChI is InChI=1S/C18H25N3/c1-6-16-10-15(12-19-4)11-18(20-16)21(5)17-8-13(2)7-14(3)9-17/h7-11,19H,6,12H2,1-5H3. The highest BCUT2D eigenvalue weighted by Crippen LogP contribution is 2.25. The highest BCUT2D eigenvalue weighted by Gasteiger charge is 2.09. The summed E-state index contributed by atoms with van der Waals surface area (Å²) in [5.74, 6) is 1.00. The Morgan fingerprint density at radius 2 is 1.71 bits per heavy atom. The minimum Gasteiger partial charge on any atom is -0.329 e. The van der Waals surface area contributed by atoms with Crippen molar-refractivity contribution in [1.29, 1.82) is 0 Å². The van der Waals surface area contributed by atoms with Crippen LogP contribution in [0.3, 0.4) is 0 Å². The molecule has 3 heteroatoms. The number of nitrogens with zero attached hydrogens (tertiary/aromatic N) is 2. The van der Waals surface area contributed by atoms with Crippen LogP contribution in [0.4, 0.5) is 11.5 Å². The molecule has 0 aliphatic rings. The normalized spacial score (nSPS) is 10.7. The Hall–Kier alpha value is -1.87. The van der Waals surface area contributed by atoms with Crippen LogP contribution in [-0.2, 0) is 13.0 Å². The maximum absolute atomic E-state index is 4.77. The van der Waals surface area contributed by atoms with Crippen molar-refractivity contribution in [3.05, 3.63) is 52.7 Å². The first-order chi connectivity index (χ1) is 10.0. The van der Waals surface area contributed by atoms with Crippen molar-refractivity contribution >= 4 is 11.5 Å². The molecule has 1 aromatic heterocycles. The fourth-order valence-corrected chi connectivity index (χ4v) is 2.57. The highest BCUT2D eigenvalue weighted by atomic mass is 15.2.